The summed E-state index contributed by atoms with van der Waals surface area (Å²) in [5.74, 6) is -1.35. The highest BCUT2D eigenvalue weighted by atomic mass is 35.5. The number of sulfonamides is 1. The predicted molar refractivity (Wildman–Crippen MR) is 129 cm³/mol. The molecule has 0 aromatic heterocycles. The molecule has 7 nitrogen and oxygen atoms in total. The molecule has 1 N–H and O–H groups in total. The number of benzene rings is 3. The standard InChI is InChI=1S/C22H17Cl3N2O5S/c1-32-22(29)14-7-9-17(24)19(11-14)26-21(28)13-27(20-12-15(23)8-10-18(20)25)33(30,31)16-5-3-2-4-6-16/h2-12H,13H2,1H3,(H,26,28). The Morgan fingerprint density at radius 3 is 2.27 bits per heavy atom. The lowest BCUT2D eigenvalue weighted by atomic mass is 10.2. The van der Waals surface area contributed by atoms with E-state index in [0.29, 0.717) is 0 Å². The second-order valence-corrected chi connectivity index (χ2v) is 9.77. The average Bonchev–Trinajstić information content (AvgIpc) is 2.80. The van der Waals surface area contributed by atoms with Gasteiger partial charge in [0.2, 0.25) is 5.91 Å². The molecule has 3 aromatic rings. The number of hydrogen-bond acceptors (Lipinski definition) is 5. The molecule has 0 aliphatic rings. The van der Waals surface area contributed by atoms with Crippen LogP contribution in [0.3, 0.4) is 0 Å². The molecule has 0 fully saturated rings. The van der Waals surface area contributed by atoms with Crippen LogP contribution in [-0.4, -0.2) is 33.9 Å². The highest BCUT2D eigenvalue weighted by Gasteiger charge is 2.29. The minimum Gasteiger partial charge on any atom is -0.465 e. The Balaban J connectivity index is 1.99. The molecule has 3 aromatic carbocycles. The molecule has 11 heteroatoms. The van der Waals surface area contributed by atoms with Crippen molar-refractivity contribution < 1.29 is 22.7 Å². The minimum absolute atomic E-state index is 0.0255. The molecule has 3 rings (SSSR count). The number of carbonyl (C=O) groups excluding carboxylic acids is 2. The van der Waals surface area contributed by atoms with Gasteiger partial charge in [-0.1, -0.05) is 53.0 Å². The van der Waals surface area contributed by atoms with Crippen LogP contribution in [0.15, 0.2) is 71.6 Å². The zero-order valence-electron chi connectivity index (χ0n) is 17.1. The van der Waals surface area contributed by atoms with Crippen molar-refractivity contribution in [2.75, 3.05) is 23.3 Å². The maximum atomic E-state index is 13.4. The van der Waals surface area contributed by atoms with E-state index < -0.39 is 28.4 Å². The number of esters is 1. The van der Waals surface area contributed by atoms with Crippen LogP contribution in [0.2, 0.25) is 15.1 Å². The Labute approximate surface area is 205 Å². The van der Waals surface area contributed by atoms with Gasteiger partial charge in [-0.2, -0.15) is 0 Å². The van der Waals surface area contributed by atoms with Gasteiger partial charge in [-0.15, -0.1) is 0 Å². The van der Waals surface area contributed by atoms with E-state index in [1.165, 1.54) is 55.6 Å². The number of amides is 1. The number of anilines is 2. The number of hydrogen-bond donors (Lipinski definition) is 1. The SMILES string of the molecule is COC(=O)c1ccc(Cl)c(NC(=O)CN(c2cc(Cl)ccc2Cl)S(=O)(=O)c2ccccc2)c1. The molecule has 0 saturated heterocycles. The maximum Gasteiger partial charge on any atom is 0.337 e. The first kappa shape index (κ1) is 24.9. The molecule has 33 heavy (non-hydrogen) atoms. The van der Waals surface area contributed by atoms with Crippen LogP contribution in [-0.2, 0) is 19.6 Å². The van der Waals surface area contributed by atoms with Crippen molar-refractivity contribution >= 4 is 68.1 Å². The number of halogens is 3. The molecule has 0 radical (unpaired) electrons. The van der Waals surface area contributed by atoms with Crippen LogP contribution in [0, 0.1) is 0 Å². The fourth-order valence-corrected chi connectivity index (χ4v) is 4.94. The van der Waals surface area contributed by atoms with E-state index in [4.69, 9.17) is 34.8 Å². The predicted octanol–water partition coefficient (Wildman–Crippen LogP) is 5.27. The molecule has 172 valence electrons. The third-order valence-corrected chi connectivity index (χ3v) is 7.12. The van der Waals surface area contributed by atoms with Gasteiger partial charge in [-0.05, 0) is 48.5 Å². The van der Waals surface area contributed by atoms with Crippen LogP contribution < -0.4 is 9.62 Å². The number of methoxy groups -OCH3 is 1. The van der Waals surface area contributed by atoms with Crippen molar-refractivity contribution in [1.82, 2.24) is 0 Å². The summed E-state index contributed by atoms with van der Waals surface area (Å²) < 4.78 is 32.3. The number of rotatable bonds is 7. The van der Waals surface area contributed by atoms with E-state index in [1.54, 1.807) is 18.2 Å². The van der Waals surface area contributed by atoms with E-state index in [-0.39, 0.29) is 36.9 Å². The lowest BCUT2D eigenvalue weighted by Gasteiger charge is -2.25. The zero-order chi connectivity index (χ0) is 24.2. The Morgan fingerprint density at radius 1 is 0.939 bits per heavy atom. The second-order valence-electron chi connectivity index (χ2n) is 6.65. The highest BCUT2D eigenvalue weighted by molar-refractivity contribution is 7.92. The first-order valence-electron chi connectivity index (χ1n) is 9.34. The smallest absolute Gasteiger partial charge is 0.337 e. The normalized spacial score (nSPS) is 11.0. The Bertz CT molecular complexity index is 1300. The Morgan fingerprint density at radius 2 is 1.61 bits per heavy atom. The molecule has 0 atom stereocenters. The van der Waals surface area contributed by atoms with Gasteiger partial charge in [-0.3, -0.25) is 9.10 Å². The molecular weight excluding hydrogens is 511 g/mol. The molecule has 0 bridgehead atoms. The van der Waals surface area contributed by atoms with E-state index in [2.05, 4.69) is 10.1 Å². The third-order valence-electron chi connectivity index (χ3n) is 4.46. The summed E-state index contributed by atoms with van der Waals surface area (Å²) in [5, 5.41) is 2.99. The number of ether oxygens (including phenoxy) is 1. The van der Waals surface area contributed by atoms with E-state index in [9.17, 15) is 18.0 Å². The van der Waals surface area contributed by atoms with E-state index in [0.717, 1.165) is 4.31 Å². The van der Waals surface area contributed by atoms with Gasteiger partial charge >= 0.3 is 5.97 Å². The summed E-state index contributed by atoms with van der Waals surface area (Å²) >= 11 is 18.5. The van der Waals surface area contributed by atoms with Crippen LogP contribution in [0.4, 0.5) is 11.4 Å². The molecular formula is C22H17Cl3N2O5S. The topological polar surface area (TPSA) is 92.8 Å². The summed E-state index contributed by atoms with van der Waals surface area (Å²) in [5.41, 5.74) is 0.292. The lowest BCUT2D eigenvalue weighted by Crippen LogP contribution is -2.38. The number of carbonyl (C=O) groups is 2. The van der Waals surface area contributed by atoms with Crippen LogP contribution in [0.1, 0.15) is 10.4 Å². The average molecular weight is 528 g/mol. The second kappa shape index (κ2) is 10.4. The zero-order valence-corrected chi connectivity index (χ0v) is 20.2. The van der Waals surface area contributed by atoms with Crippen molar-refractivity contribution in [2.24, 2.45) is 0 Å². The molecule has 0 unspecified atom stereocenters. The van der Waals surface area contributed by atoms with Crippen molar-refractivity contribution in [1.29, 1.82) is 0 Å². The fourth-order valence-electron chi connectivity index (χ4n) is 2.88. The van der Waals surface area contributed by atoms with Gasteiger partial charge in [0, 0.05) is 5.02 Å². The van der Waals surface area contributed by atoms with E-state index in [1.807, 2.05) is 0 Å². The van der Waals surface area contributed by atoms with Gasteiger partial charge in [0.05, 0.1) is 39.0 Å². The van der Waals surface area contributed by atoms with Crippen LogP contribution in [0.25, 0.3) is 0 Å². The summed E-state index contributed by atoms with van der Waals surface area (Å²) in [7, 11) is -2.98. The largest absolute Gasteiger partial charge is 0.465 e. The van der Waals surface area contributed by atoms with Crippen LogP contribution >= 0.6 is 34.8 Å². The lowest BCUT2D eigenvalue weighted by molar-refractivity contribution is -0.114. The molecule has 0 aliphatic carbocycles. The van der Waals surface area contributed by atoms with Crippen LogP contribution in [0.5, 0.6) is 0 Å². The van der Waals surface area contributed by atoms with E-state index >= 15 is 0 Å². The van der Waals surface area contributed by atoms with Crippen molar-refractivity contribution in [3.05, 3.63) is 87.4 Å². The van der Waals surface area contributed by atoms with Crippen molar-refractivity contribution in [3.63, 3.8) is 0 Å². The van der Waals surface area contributed by atoms with Crippen molar-refractivity contribution in [2.45, 2.75) is 4.90 Å². The quantitative estimate of drug-likeness (QED) is 0.423. The molecule has 0 saturated carbocycles. The first-order chi connectivity index (χ1) is 15.6. The number of nitrogens with zero attached hydrogens (tertiary/aromatic N) is 1. The molecule has 0 spiro atoms. The summed E-state index contributed by atoms with van der Waals surface area (Å²) in [4.78, 5) is 24.7. The van der Waals surface area contributed by atoms with Gasteiger partial charge in [0.25, 0.3) is 10.0 Å². The minimum atomic E-state index is -4.19. The molecule has 0 heterocycles. The highest BCUT2D eigenvalue weighted by Crippen LogP contribution is 2.33. The summed E-state index contributed by atoms with van der Waals surface area (Å²) in [6, 6.07) is 16.0. The first-order valence-corrected chi connectivity index (χ1v) is 11.9. The van der Waals surface area contributed by atoms with Gasteiger partial charge < -0.3 is 10.1 Å². The van der Waals surface area contributed by atoms with Gasteiger partial charge in [0.1, 0.15) is 6.54 Å². The monoisotopic (exact) mass is 526 g/mol. The molecule has 0 aliphatic heterocycles. The van der Waals surface area contributed by atoms with Gasteiger partial charge in [0.15, 0.2) is 0 Å². The summed E-state index contributed by atoms with van der Waals surface area (Å²) in [6.45, 7) is -0.643. The number of nitrogens with one attached hydrogen (secondary N) is 1. The molecule has 1 amide bonds. The summed E-state index contributed by atoms with van der Waals surface area (Å²) in [6.07, 6.45) is 0. The maximum absolute atomic E-state index is 13.4. The van der Waals surface area contributed by atoms with Crippen molar-refractivity contribution in [3.8, 4) is 0 Å². The fraction of sp³-hybridized carbons (Fsp3) is 0.0909. The van der Waals surface area contributed by atoms with Gasteiger partial charge in [-0.25, -0.2) is 13.2 Å². The Kier molecular flexibility index (Phi) is 7.86. The third kappa shape index (κ3) is 5.78. The Hall–Kier alpha value is -2.78.